The Hall–Kier alpha value is -0.170. The van der Waals surface area contributed by atoms with Crippen molar-refractivity contribution in [2.24, 2.45) is 0 Å². The number of carbonyl (C=O) groups is 1. The van der Waals surface area contributed by atoms with Crippen molar-refractivity contribution in [3.63, 3.8) is 0 Å². The van der Waals surface area contributed by atoms with Crippen molar-refractivity contribution in [3.8, 4) is 0 Å². The van der Waals surface area contributed by atoms with Crippen LogP contribution in [0.25, 0.3) is 0 Å². The molecule has 0 bridgehead atoms. The van der Waals surface area contributed by atoms with E-state index in [4.69, 9.17) is 0 Å². The van der Waals surface area contributed by atoms with Crippen molar-refractivity contribution in [2.75, 3.05) is 6.54 Å². The van der Waals surface area contributed by atoms with Gasteiger partial charge in [-0.25, -0.2) is 0 Å². The molecule has 0 saturated heterocycles. The highest BCUT2D eigenvalue weighted by Crippen LogP contribution is 2.26. The minimum atomic E-state index is 0.0951. The Morgan fingerprint density at radius 3 is 2.33 bits per heavy atom. The van der Waals surface area contributed by atoms with Crippen LogP contribution < -0.4 is 0 Å². The molecule has 2 nitrogen and oxygen atoms in total. The molecule has 0 unspecified atom stereocenters. The summed E-state index contributed by atoms with van der Waals surface area (Å²) in [6.07, 6.45) is 0. The molecule has 0 saturated carbocycles. The van der Waals surface area contributed by atoms with Crippen molar-refractivity contribution >= 4 is 60.4 Å². The van der Waals surface area contributed by atoms with Crippen LogP contribution in [0.2, 0.25) is 0 Å². The standard InChI is InChI=1S/C12H11Br2NOS2/c1-2-15(7-8-3-5-10(13)17-8)12(16)9-4-6-11(14)18-9/h3-6H,2,7H2,1H3. The molecule has 2 aromatic rings. The maximum atomic E-state index is 12.3. The highest BCUT2D eigenvalue weighted by molar-refractivity contribution is 9.11. The maximum Gasteiger partial charge on any atom is 0.264 e. The van der Waals surface area contributed by atoms with Crippen molar-refractivity contribution in [3.05, 3.63) is 41.6 Å². The largest absolute Gasteiger partial charge is 0.333 e. The van der Waals surface area contributed by atoms with Crippen LogP contribution in [0.15, 0.2) is 31.8 Å². The van der Waals surface area contributed by atoms with Gasteiger partial charge >= 0.3 is 0 Å². The van der Waals surface area contributed by atoms with Crippen LogP contribution in [-0.2, 0) is 6.54 Å². The van der Waals surface area contributed by atoms with Crippen LogP contribution in [-0.4, -0.2) is 17.4 Å². The second-order valence-electron chi connectivity index (χ2n) is 3.63. The molecular weight excluding hydrogens is 398 g/mol. The Morgan fingerprint density at radius 2 is 1.83 bits per heavy atom. The Balaban J connectivity index is 2.11. The molecule has 2 aromatic heterocycles. The Labute approximate surface area is 131 Å². The zero-order valence-corrected chi connectivity index (χ0v) is 14.5. The van der Waals surface area contributed by atoms with E-state index in [1.807, 2.05) is 30.0 Å². The third-order valence-electron chi connectivity index (χ3n) is 2.43. The first kappa shape index (κ1) is 14.2. The van der Waals surface area contributed by atoms with Gasteiger partial charge in [0.25, 0.3) is 5.91 Å². The Bertz CT molecular complexity index is 550. The number of hydrogen-bond donors (Lipinski definition) is 0. The van der Waals surface area contributed by atoms with Gasteiger partial charge in [-0.05, 0) is 63.0 Å². The lowest BCUT2D eigenvalue weighted by molar-refractivity contribution is 0.0759. The topological polar surface area (TPSA) is 20.3 Å². The molecule has 18 heavy (non-hydrogen) atoms. The summed E-state index contributed by atoms with van der Waals surface area (Å²) in [5.41, 5.74) is 0. The fourth-order valence-electron chi connectivity index (χ4n) is 1.54. The molecule has 0 spiro atoms. The van der Waals surface area contributed by atoms with E-state index < -0.39 is 0 Å². The molecule has 0 aliphatic heterocycles. The molecule has 96 valence electrons. The zero-order chi connectivity index (χ0) is 13.1. The number of amides is 1. The molecule has 0 aliphatic carbocycles. The van der Waals surface area contributed by atoms with E-state index in [0.717, 1.165) is 12.4 Å². The van der Waals surface area contributed by atoms with E-state index in [1.165, 1.54) is 16.2 Å². The maximum absolute atomic E-state index is 12.3. The summed E-state index contributed by atoms with van der Waals surface area (Å²) >= 11 is 9.97. The molecule has 1 amide bonds. The second kappa shape index (κ2) is 6.32. The van der Waals surface area contributed by atoms with Crippen molar-refractivity contribution in [2.45, 2.75) is 13.5 Å². The average Bonchev–Trinajstić information content (AvgIpc) is 2.94. The molecule has 0 aromatic carbocycles. The molecule has 2 rings (SSSR count). The summed E-state index contributed by atoms with van der Waals surface area (Å²) in [6, 6.07) is 7.84. The average molecular weight is 409 g/mol. The van der Waals surface area contributed by atoms with Gasteiger partial charge in [-0.1, -0.05) is 0 Å². The fraction of sp³-hybridized carbons (Fsp3) is 0.250. The van der Waals surface area contributed by atoms with E-state index in [2.05, 4.69) is 37.9 Å². The van der Waals surface area contributed by atoms with Crippen molar-refractivity contribution < 1.29 is 4.79 Å². The second-order valence-corrected chi connectivity index (χ2v) is 8.64. The molecular formula is C12H11Br2NOS2. The third kappa shape index (κ3) is 3.44. The van der Waals surface area contributed by atoms with Crippen LogP contribution in [0.3, 0.4) is 0 Å². The first-order valence-corrected chi connectivity index (χ1v) is 8.61. The van der Waals surface area contributed by atoms with E-state index in [9.17, 15) is 4.79 Å². The Morgan fingerprint density at radius 1 is 1.17 bits per heavy atom. The summed E-state index contributed by atoms with van der Waals surface area (Å²) in [7, 11) is 0. The molecule has 0 fully saturated rings. The number of nitrogens with zero attached hydrogens (tertiary/aromatic N) is 1. The van der Waals surface area contributed by atoms with Crippen LogP contribution >= 0.6 is 54.5 Å². The monoisotopic (exact) mass is 407 g/mol. The number of hydrogen-bond acceptors (Lipinski definition) is 3. The van der Waals surface area contributed by atoms with Crippen LogP contribution in [0.4, 0.5) is 0 Å². The smallest absolute Gasteiger partial charge is 0.264 e. The van der Waals surface area contributed by atoms with Gasteiger partial charge in [-0.15, -0.1) is 22.7 Å². The van der Waals surface area contributed by atoms with E-state index >= 15 is 0 Å². The molecule has 6 heteroatoms. The van der Waals surface area contributed by atoms with Gasteiger partial charge in [0.05, 0.1) is 19.0 Å². The fourth-order valence-corrected chi connectivity index (χ4v) is 4.39. The van der Waals surface area contributed by atoms with Gasteiger partial charge in [0.1, 0.15) is 0 Å². The first-order valence-electron chi connectivity index (χ1n) is 5.39. The highest BCUT2D eigenvalue weighted by Gasteiger charge is 2.16. The van der Waals surface area contributed by atoms with Gasteiger partial charge in [0.15, 0.2) is 0 Å². The molecule has 0 atom stereocenters. The Kier molecular flexibility index (Phi) is 5.00. The number of thiophene rings is 2. The van der Waals surface area contributed by atoms with Crippen molar-refractivity contribution in [1.82, 2.24) is 4.90 Å². The van der Waals surface area contributed by atoms with Gasteiger partial charge in [-0.2, -0.15) is 0 Å². The number of halogens is 2. The quantitative estimate of drug-likeness (QED) is 0.697. The minimum Gasteiger partial charge on any atom is -0.333 e. The summed E-state index contributed by atoms with van der Waals surface area (Å²) in [4.78, 5) is 16.1. The minimum absolute atomic E-state index is 0.0951. The third-order valence-corrected chi connectivity index (χ3v) is 5.65. The molecule has 0 N–H and O–H groups in total. The van der Waals surface area contributed by atoms with Gasteiger partial charge < -0.3 is 4.90 Å². The SMILES string of the molecule is CCN(Cc1ccc(Br)s1)C(=O)c1ccc(Br)s1. The van der Waals surface area contributed by atoms with Crippen LogP contribution in [0.5, 0.6) is 0 Å². The number of rotatable bonds is 4. The predicted molar refractivity (Wildman–Crippen MR) is 84.5 cm³/mol. The van der Waals surface area contributed by atoms with E-state index in [1.54, 1.807) is 11.3 Å². The van der Waals surface area contributed by atoms with Crippen LogP contribution in [0.1, 0.15) is 21.5 Å². The first-order chi connectivity index (χ1) is 8.60. The summed E-state index contributed by atoms with van der Waals surface area (Å²) in [5.74, 6) is 0.0951. The summed E-state index contributed by atoms with van der Waals surface area (Å²) < 4.78 is 2.08. The molecule has 2 heterocycles. The van der Waals surface area contributed by atoms with Gasteiger partial charge in [0.2, 0.25) is 0 Å². The normalized spacial score (nSPS) is 10.6. The lowest BCUT2D eigenvalue weighted by atomic mass is 10.3. The molecule has 0 aliphatic rings. The summed E-state index contributed by atoms with van der Waals surface area (Å²) in [6.45, 7) is 3.38. The van der Waals surface area contributed by atoms with E-state index in [-0.39, 0.29) is 5.91 Å². The zero-order valence-electron chi connectivity index (χ0n) is 9.65. The number of carbonyl (C=O) groups excluding carboxylic acids is 1. The van der Waals surface area contributed by atoms with Gasteiger partial charge in [-0.3, -0.25) is 4.79 Å². The van der Waals surface area contributed by atoms with Crippen LogP contribution in [0, 0.1) is 0 Å². The molecule has 0 radical (unpaired) electrons. The lowest BCUT2D eigenvalue weighted by Crippen LogP contribution is -2.29. The summed E-state index contributed by atoms with van der Waals surface area (Å²) in [5, 5.41) is 0. The highest BCUT2D eigenvalue weighted by atomic mass is 79.9. The van der Waals surface area contributed by atoms with Gasteiger partial charge in [0, 0.05) is 11.4 Å². The van der Waals surface area contributed by atoms with Crippen molar-refractivity contribution in [1.29, 1.82) is 0 Å². The predicted octanol–water partition coefficient (Wildman–Crippen LogP) is 5.00. The lowest BCUT2D eigenvalue weighted by Gasteiger charge is -2.19. The van der Waals surface area contributed by atoms with E-state index in [0.29, 0.717) is 13.1 Å².